The topological polar surface area (TPSA) is 29.4 Å². The first-order valence-corrected chi connectivity index (χ1v) is 20.2. The van der Waals surface area contributed by atoms with Gasteiger partial charge in [0.15, 0.2) is 0 Å². The SMILES string of the molecule is CCCCCCC[CH2][Sn]([CH2]CCCCCCC)([CH2]CCCCCCC)[N]=C=O. The van der Waals surface area contributed by atoms with Crippen LogP contribution in [0, 0.1) is 0 Å². The summed E-state index contributed by atoms with van der Waals surface area (Å²) in [6.45, 7) is 6.84. The Balaban J connectivity index is 4.46. The first-order chi connectivity index (χ1) is 13.7. The third-order valence-corrected chi connectivity index (χ3v) is 18.9. The summed E-state index contributed by atoms with van der Waals surface area (Å²) >= 11 is -2.67. The molecule has 0 saturated carbocycles. The van der Waals surface area contributed by atoms with Gasteiger partial charge in [-0.1, -0.05) is 0 Å². The van der Waals surface area contributed by atoms with E-state index in [-0.39, 0.29) is 0 Å². The van der Waals surface area contributed by atoms with Gasteiger partial charge in [0.25, 0.3) is 0 Å². The van der Waals surface area contributed by atoms with Crippen LogP contribution < -0.4 is 0 Å². The van der Waals surface area contributed by atoms with Crippen LogP contribution in [0.1, 0.15) is 136 Å². The van der Waals surface area contributed by atoms with Gasteiger partial charge in [-0.3, -0.25) is 0 Å². The molecule has 0 aromatic carbocycles. The number of unbranched alkanes of at least 4 members (excludes halogenated alkanes) is 15. The van der Waals surface area contributed by atoms with Crippen LogP contribution in [0.25, 0.3) is 0 Å². The molecular formula is C25H51NOSn. The van der Waals surface area contributed by atoms with E-state index in [2.05, 4.69) is 30.1 Å². The van der Waals surface area contributed by atoms with E-state index in [4.69, 9.17) is 0 Å². The summed E-state index contributed by atoms with van der Waals surface area (Å²) in [6, 6.07) is 0. The molecule has 0 saturated heterocycles. The molecule has 0 aliphatic rings. The molecule has 0 rings (SSSR count). The molecular weight excluding hydrogens is 449 g/mol. The van der Waals surface area contributed by atoms with Crippen molar-refractivity contribution in [2.45, 2.75) is 150 Å². The van der Waals surface area contributed by atoms with Gasteiger partial charge in [-0.15, -0.1) is 0 Å². The molecule has 166 valence electrons. The second-order valence-corrected chi connectivity index (χ2v) is 20.9. The molecule has 2 nitrogen and oxygen atoms in total. The van der Waals surface area contributed by atoms with Crippen LogP contribution in [0.5, 0.6) is 0 Å². The third-order valence-electron chi connectivity index (χ3n) is 6.27. The second-order valence-electron chi connectivity index (χ2n) is 8.98. The van der Waals surface area contributed by atoms with Crippen LogP contribution in [0.4, 0.5) is 0 Å². The summed E-state index contributed by atoms with van der Waals surface area (Å²) in [6.07, 6.45) is 26.4. The molecule has 3 heteroatoms. The van der Waals surface area contributed by atoms with Gasteiger partial charge in [0, 0.05) is 0 Å². The molecule has 0 unspecified atom stereocenters. The quantitative estimate of drug-likeness (QED) is 0.0630. The minimum absolute atomic E-state index is 1.31. The van der Waals surface area contributed by atoms with Gasteiger partial charge in [0.1, 0.15) is 0 Å². The number of carbonyl (C=O) groups excluding carboxylic acids is 1. The standard InChI is InChI=1S/3C8H17.CNO.Sn/c3*1-3-5-7-8-6-4-2;2-1-3;/h3*1,3-8H2,2H3;;/q;;;-1;+1. The van der Waals surface area contributed by atoms with E-state index < -0.39 is 18.7 Å². The fraction of sp³-hybridized carbons (Fsp3) is 0.960. The van der Waals surface area contributed by atoms with E-state index in [9.17, 15) is 4.79 Å². The molecule has 0 aromatic rings. The average molecular weight is 500 g/mol. The molecule has 0 bridgehead atoms. The number of nitrogens with zero attached hydrogens (tertiary/aromatic N) is 1. The van der Waals surface area contributed by atoms with Crippen molar-refractivity contribution in [1.82, 2.24) is 0 Å². The third kappa shape index (κ3) is 17.1. The molecule has 0 aliphatic heterocycles. The molecule has 0 amide bonds. The Morgan fingerprint density at radius 1 is 0.500 bits per heavy atom. The normalized spacial score (nSPS) is 11.5. The molecule has 0 atom stereocenters. The van der Waals surface area contributed by atoms with Gasteiger partial charge >= 0.3 is 182 Å². The zero-order valence-electron chi connectivity index (χ0n) is 19.7. The van der Waals surface area contributed by atoms with E-state index in [0.29, 0.717) is 0 Å². The van der Waals surface area contributed by atoms with Crippen LogP contribution in [0.2, 0.25) is 13.3 Å². The molecule has 0 spiro atoms. The van der Waals surface area contributed by atoms with Crippen molar-refractivity contribution in [3.63, 3.8) is 0 Å². The zero-order valence-corrected chi connectivity index (χ0v) is 22.6. The van der Waals surface area contributed by atoms with Crippen molar-refractivity contribution >= 4 is 24.7 Å². The number of hydrogen-bond acceptors (Lipinski definition) is 2. The van der Waals surface area contributed by atoms with Crippen LogP contribution in [-0.2, 0) is 4.79 Å². The minimum atomic E-state index is -2.67. The van der Waals surface area contributed by atoms with Crippen molar-refractivity contribution < 1.29 is 4.79 Å². The monoisotopic (exact) mass is 501 g/mol. The first-order valence-electron chi connectivity index (χ1n) is 12.8. The van der Waals surface area contributed by atoms with Gasteiger partial charge in [-0.05, 0) is 0 Å². The van der Waals surface area contributed by atoms with E-state index in [1.165, 1.54) is 129 Å². The molecule has 0 radical (unpaired) electrons. The molecule has 0 N–H and O–H groups in total. The fourth-order valence-electron chi connectivity index (χ4n) is 4.34. The molecule has 0 fully saturated rings. The Hall–Kier alpha value is 0.179. The molecule has 28 heavy (non-hydrogen) atoms. The summed E-state index contributed by atoms with van der Waals surface area (Å²) in [5.74, 6) is 0. The van der Waals surface area contributed by atoms with E-state index >= 15 is 0 Å². The van der Waals surface area contributed by atoms with Crippen LogP contribution in [-0.4, -0.2) is 24.7 Å². The predicted molar refractivity (Wildman–Crippen MR) is 128 cm³/mol. The maximum atomic E-state index is 11.3. The van der Waals surface area contributed by atoms with Crippen LogP contribution in [0.15, 0.2) is 3.21 Å². The van der Waals surface area contributed by atoms with Crippen molar-refractivity contribution in [2.24, 2.45) is 3.21 Å². The van der Waals surface area contributed by atoms with Crippen molar-refractivity contribution in [3.05, 3.63) is 0 Å². The van der Waals surface area contributed by atoms with Crippen molar-refractivity contribution in [2.75, 3.05) is 0 Å². The number of hydrogen-bond donors (Lipinski definition) is 0. The summed E-state index contributed by atoms with van der Waals surface area (Å²) < 4.78 is 8.58. The van der Waals surface area contributed by atoms with Crippen LogP contribution in [0.3, 0.4) is 0 Å². The van der Waals surface area contributed by atoms with E-state index in [1.54, 1.807) is 0 Å². The first kappa shape index (κ1) is 28.2. The average Bonchev–Trinajstić information content (AvgIpc) is 2.70. The van der Waals surface area contributed by atoms with E-state index in [1.807, 2.05) is 0 Å². The summed E-state index contributed by atoms with van der Waals surface area (Å²) in [5, 5.41) is 0. The second kappa shape index (κ2) is 21.9. The number of isocyanates is 1. The summed E-state index contributed by atoms with van der Waals surface area (Å²) in [7, 11) is 0. The van der Waals surface area contributed by atoms with Gasteiger partial charge < -0.3 is 0 Å². The van der Waals surface area contributed by atoms with Gasteiger partial charge in [0.05, 0.1) is 0 Å². The fourth-order valence-corrected chi connectivity index (χ4v) is 15.8. The summed E-state index contributed by atoms with van der Waals surface area (Å²) in [4.78, 5) is 11.3. The van der Waals surface area contributed by atoms with Gasteiger partial charge in [-0.25, -0.2) is 0 Å². The summed E-state index contributed by atoms with van der Waals surface area (Å²) in [5.41, 5.74) is 0. The maximum absolute atomic E-state index is 11.3. The molecule has 0 aromatic heterocycles. The Bertz CT molecular complexity index is 325. The number of rotatable bonds is 22. The van der Waals surface area contributed by atoms with Gasteiger partial charge in [0.2, 0.25) is 0 Å². The van der Waals surface area contributed by atoms with Crippen molar-refractivity contribution in [1.29, 1.82) is 0 Å². The van der Waals surface area contributed by atoms with Gasteiger partial charge in [-0.2, -0.15) is 0 Å². The van der Waals surface area contributed by atoms with Crippen LogP contribution >= 0.6 is 0 Å². The Morgan fingerprint density at radius 2 is 0.786 bits per heavy atom. The Labute approximate surface area is 182 Å². The Morgan fingerprint density at radius 3 is 1.07 bits per heavy atom. The predicted octanol–water partition coefficient (Wildman–Crippen LogP) is 9.35. The molecule has 0 heterocycles. The Kier molecular flexibility index (Phi) is 22.0. The van der Waals surface area contributed by atoms with Crippen molar-refractivity contribution in [3.8, 4) is 0 Å². The molecule has 0 aliphatic carbocycles. The van der Waals surface area contributed by atoms with E-state index in [0.717, 1.165) is 0 Å². The zero-order chi connectivity index (χ0) is 20.8.